The summed E-state index contributed by atoms with van der Waals surface area (Å²) in [6.45, 7) is 4.57. The molecule has 2 rings (SSSR count). The molecule has 0 unspecified atom stereocenters. The smallest absolute Gasteiger partial charge is 0.258 e. The van der Waals surface area contributed by atoms with Gasteiger partial charge in [-0.25, -0.2) is 0 Å². The molecule has 1 N–H and O–H groups in total. The van der Waals surface area contributed by atoms with E-state index in [0.29, 0.717) is 12.3 Å². The first kappa shape index (κ1) is 14.1. The van der Waals surface area contributed by atoms with Crippen LogP contribution in [0.25, 0.3) is 0 Å². The van der Waals surface area contributed by atoms with Gasteiger partial charge in [0.25, 0.3) is 5.91 Å². The molecule has 0 aliphatic heterocycles. The number of nitrogens with one attached hydrogen (secondary N) is 1. The van der Waals surface area contributed by atoms with Gasteiger partial charge >= 0.3 is 0 Å². The van der Waals surface area contributed by atoms with Crippen molar-refractivity contribution in [1.29, 1.82) is 0 Å². The Labute approximate surface area is 118 Å². The van der Waals surface area contributed by atoms with Crippen LogP contribution in [-0.4, -0.2) is 17.5 Å². The van der Waals surface area contributed by atoms with Crippen molar-refractivity contribution in [3.8, 4) is 5.75 Å². The van der Waals surface area contributed by atoms with Gasteiger partial charge in [-0.1, -0.05) is 6.07 Å². The molecule has 1 aromatic carbocycles. The average molecular weight is 270 g/mol. The number of ether oxygens (including phenoxy) is 1. The first-order valence-electron chi connectivity index (χ1n) is 6.51. The summed E-state index contributed by atoms with van der Waals surface area (Å²) in [5, 5.41) is 2.80. The molecule has 1 aromatic heterocycles. The van der Waals surface area contributed by atoms with Crippen molar-refractivity contribution < 1.29 is 9.53 Å². The fourth-order valence-corrected chi connectivity index (χ4v) is 1.70. The molecule has 20 heavy (non-hydrogen) atoms. The van der Waals surface area contributed by atoms with Crippen molar-refractivity contribution in [3.05, 3.63) is 59.4 Å². The van der Waals surface area contributed by atoms with Crippen LogP contribution in [0.1, 0.15) is 16.7 Å². The van der Waals surface area contributed by atoms with Gasteiger partial charge in [-0.2, -0.15) is 0 Å². The number of pyridine rings is 1. The summed E-state index contributed by atoms with van der Waals surface area (Å²) in [7, 11) is 0. The Bertz CT molecular complexity index is 582. The van der Waals surface area contributed by atoms with Gasteiger partial charge in [0.15, 0.2) is 6.61 Å². The zero-order chi connectivity index (χ0) is 14.4. The lowest BCUT2D eigenvalue weighted by Crippen LogP contribution is -2.28. The summed E-state index contributed by atoms with van der Waals surface area (Å²) in [6.07, 6.45) is 3.40. The van der Waals surface area contributed by atoms with Gasteiger partial charge in [-0.05, 0) is 54.8 Å². The second kappa shape index (κ2) is 6.70. The van der Waals surface area contributed by atoms with Crippen LogP contribution in [0.3, 0.4) is 0 Å². The number of carbonyl (C=O) groups excluding carboxylic acids is 1. The lowest BCUT2D eigenvalue weighted by Gasteiger charge is -2.09. The summed E-state index contributed by atoms with van der Waals surface area (Å²) in [5.41, 5.74) is 3.37. The highest BCUT2D eigenvalue weighted by Gasteiger charge is 2.03. The SMILES string of the molecule is Cc1ccc(OCC(=O)NCc2ccncc2)cc1C. The summed E-state index contributed by atoms with van der Waals surface area (Å²) in [6, 6.07) is 9.53. The molecular weight excluding hydrogens is 252 g/mol. The molecule has 0 radical (unpaired) electrons. The second-order valence-corrected chi connectivity index (χ2v) is 4.67. The Morgan fingerprint density at radius 2 is 1.90 bits per heavy atom. The van der Waals surface area contributed by atoms with E-state index in [-0.39, 0.29) is 12.5 Å². The van der Waals surface area contributed by atoms with E-state index < -0.39 is 0 Å². The fourth-order valence-electron chi connectivity index (χ4n) is 1.70. The van der Waals surface area contributed by atoms with Gasteiger partial charge < -0.3 is 10.1 Å². The number of rotatable bonds is 5. The van der Waals surface area contributed by atoms with Crippen molar-refractivity contribution in [2.75, 3.05) is 6.61 Å². The van der Waals surface area contributed by atoms with Crippen molar-refractivity contribution in [2.45, 2.75) is 20.4 Å². The lowest BCUT2D eigenvalue weighted by molar-refractivity contribution is -0.123. The Morgan fingerprint density at radius 3 is 2.60 bits per heavy atom. The molecule has 104 valence electrons. The van der Waals surface area contributed by atoms with Crippen LogP contribution in [0.2, 0.25) is 0 Å². The van der Waals surface area contributed by atoms with E-state index in [0.717, 1.165) is 11.1 Å². The highest BCUT2D eigenvalue weighted by molar-refractivity contribution is 5.77. The Hall–Kier alpha value is -2.36. The molecule has 0 bridgehead atoms. The van der Waals surface area contributed by atoms with Crippen LogP contribution >= 0.6 is 0 Å². The number of nitrogens with zero attached hydrogens (tertiary/aromatic N) is 1. The third kappa shape index (κ3) is 4.09. The van der Waals surface area contributed by atoms with Crippen molar-refractivity contribution in [3.63, 3.8) is 0 Å². The molecule has 0 saturated heterocycles. The van der Waals surface area contributed by atoms with E-state index in [2.05, 4.69) is 10.3 Å². The Balaban J connectivity index is 1.79. The van der Waals surface area contributed by atoms with Crippen molar-refractivity contribution in [2.24, 2.45) is 0 Å². The molecular formula is C16H18N2O2. The van der Waals surface area contributed by atoms with Crippen molar-refractivity contribution >= 4 is 5.91 Å². The van der Waals surface area contributed by atoms with Crippen LogP contribution in [0.4, 0.5) is 0 Å². The first-order chi connectivity index (χ1) is 9.65. The normalized spacial score (nSPS) is 10.1. The number of aryl methyl sites for hydroxylation is 2. The van der Waals surface area contributed by atoms with E-state index in [4.69, 9.17) is 4.74 Å². The zero-order valence-corrected chi connectivity index (χ0v) is 11.7. The molecule has 0 atom stereocenters. The van der Waals surface area contributed by atoms with E-state index >= 15 is 0 Å². The predicted octanol–water partition coefficient (Wildman–Crippen LogP) is 2.39. The summed E-state index contributed by atoms with van der Waals surface area (Å²) in [4.78, 5) is 15.6. The van der Waals surface area contributed by atoms with Crippen LogP contribution in [0, 0.1) is 13.8 Å². The maximum atomic E-state index is 11.7. The third-order valence-corrected chi connectivity index (χ3v) is 3.09. The number of hydrogen-bond acceptors (Lipinski definition) is 3. The van der Waals surface area contributed by atoms with Gasteiger partial charge in [-0.3, -0.25) is 9.78 Å². The van der Waals surface area contributed by atoms with E-state index in [1.807, 2.05) is 44.2 Å². The van der Waals surface area contributed by atoms with Gasteiger partial charge in [0, 0.05) is 18.9 Å². The summed E-state index contributed by atoms with van der Waals surface area (Å²) < 4.78 is 5.47. The van der Waals surface area contributed by atoms with E-state index in [1.54, 1.807) is 12.4 Å². The zero-order valence-electron chi connectivity index (χ0n) is 11.7. The Kier molecular flexibility index (Phi) is 4.71. The minimum atomic E-state index is -0.139. The molecule has 0 aliphatic rings. The average Bonchev–Trinajstić information content (AvgIpc) is 2.47. The van der Waals surface area contributed by atoms with Crippen LogP contribution in [-0.2, 0) is 11.3 Å². The first-order valence-corrected chi connectivity index (χ1v) is 6.51. The molecule has 0 saturated carbocycles. The molecule has 0 aliphatic carbocycles. The summed E-state index contributed by atoms with van der Waals surface area (Å²) >= 11 is 0. The number of benzene rings is 1. The standard InChI is InChI=1S/C16H18N2O2/c1-12-3-4-15(9-13(12)2)20-11-16(19)18-10-14-5-7-17-8-6-14/h3-9H,10-11H2,1-2H3,(H,18,19). The lowest BCUT2D eigenvalue weighted by atomic mass is 10.1. The van der Waals surface area contributed by atoms with Crippen LogP contribution in [0.15, 0.2) is 42.7 Å². The number of aromatic nitrogens is 1. The highest BCUT2D eigenvalue weighted by Crippen LogP contribution is 2.16. The van der Waals surface area contributed by atoms with Gasteiger partial charge in [-0.15, -0.1) is 0 Å². The molecule has 1 amide bonds. The minimum Gasteiger partial charge on any atom is -0.484 e. The predicted molar refractivity (Wildman–Crippen MR) is 77.5 cm³/mol. The molecule has 4 heteroatoms. The Morgan fingerprint density at radius 1 is 1.15 bits per heavy atom. The maximum Gasteiger partial charge on any atom is 0.258 e. The summed E-state index contributed by atoms with van der Waals surface area (Å²) in [5.74, 6) is 0.576. The molecule has 0 fully saturated rings. The number of carbonyl (C=O) groups is 1. The van der Waals surface area contributed by atoms with E-state index in [1.165, 1.54) is 5.56 Å². The quantitative estimate of drug-likeness (QED) is 0.907. The number of hydrogen-bond donors (Lipinski definition) is 1. The largest absolute Gasteiger partial charge is 0.484 e. The monoisotopic (exact) mass is 270 g/mol. The van der Waals surface area contributed by atoms with Gasteiger partial charge in [0.2, 0.25) is 0 Å². The van der Waals surface area contributed by atoms with Crippen LogP contribution in [0.5, 0.6) is 5.75 Å². The molecule has 4 nitrogen and oxygen atoms in total. The molecule has 0 spiro atoms. The fraction of sp³-hybridized carbons (Fsp3) is 0.250. The second-order valence-electron chi connectivity index (χ2n) is 4.67. The van der Waals surface area contributed by atoms with Gasteiger partial charge in [0.1, 0.15) is 5.75 Å². The topological polar surface area (TPSA) is 51.2 Å². The third-order valence-electron chi connectivity index (χ3n) is 3.09. The molecule has 1 heterocycles. The van der Waals surface area contributed by atoms with Crippen LogP contribution < -0.4 is 10.1 Å². The van der Waals surface area contributed by atoms with Crippen molar-refractivity contribution in [1.82, 2.24) is 10.3 Å². The minimum absolute atomic E-state index is 0.0214. The molecule has 2 aromatic rings. The van der Waals surface area contributed by atoms with E-state index in [9.17, 15) is 4.79 Å². The number of amides is 1. The highest BCUT2D eigenvalue weighted by atomic mass is 16.5. The maximum absolute atomic E-state index is 11.7. The van der Waals surface area contributed by atoms with Gasteiger partial charge in [0.05, 0.1) is 0 Å².